The van der Waals surface area contributed by atoms with Crippen LogP contribution in [-0.4, -0.2) is 18.0 Å². The number of pyridine rings is 2. The van der Waals surface area contributed by atoms with Crippen LogP contribution in [0, 0.1) is 0 Å². The molecule has 0 N–H and O–H groups in total. The maximum atomic E-state index is 4.76. The van der Waals surface area contributed by atoms with E-state index >= 15 is 0 Å². The summed E-state index contributed by atoms with van der Waals surface area (Å²) in [7, 11) is -1.75. The van der Waals surface area contributed by atoms with Gasteiger partial charge in [0.05, 0.1) is 5.69 Å². The third-order valence-electron chi connectivity index (χ3n) is 5.19. The van der Waals surface area contributed by atoms with E-state index in [0.29, 0.717) is 0 Å². The average Bonchev–Trinajstić information content (AvgIpc) is 2.59. The Hall–Kier alpha value is -2.52. The molecule has 0 bridgehead atoms. The minimum absolute atomic E-state index is 1.14. The highest BCUT2D eigenvalue weighted by Crippen LogP contribution is 2.35. The fourth-order valence-corrected chi connectivity index (χ4v) is 7.10. The first-order valence-electron chi connectivity index (χ1n) is 7.94. The minimum Gasteiger partial charge on any atom is -0.264 e. The second kappa shape index (κ2) is 4.27. The van der Waals surface area contributed by atoms with E-state index in [2.05, 4.69) is 60.5 Å². The smallest absolute Gasteiger partial charge is 0.114 e. The van der Waals surface area contributed by atoms with Crippen molar-refractivity contribution in [2.75, 3.05) is 0 Å². The largest absolute Gasteiger partial charge is 0.264 e. The monoisotopic (exact) mass is 312 g/mol. The maximum absolute atomic E-state index is 4.76. The number of aromatic nitrogens is 2. The standard InChI is InChI=1S/C20H16N2Si/c1-23(2)17-6-4-3-5-16(17)20-19-15(8-10-22-20)14-7-9-21-12-13(14)11-18(19)23/h3-12H,1-2H3. The van der Waals surface area contributed by atoms with Gasteiger partial charge < -0.3 is 0 Å². The summed E-state index contributed by atoms with van der Waals surface area (Å²) in [5.41, 5.74) is 2.45. The van der Waals surface area contributed by atoms with Crippen molar-refractivity contribution in [1.29, 1.82) is 0 Å². The molecule has 1 aliphatic heterocycles. The molecule has 2 aromatic carbocycles. The van der Waals surface area contributed by atoms with Crippen LogP contribution in [0.4, 0.5) is 0 Å². The first-order chi connectivity index (χ1) is 11.2. The predicted octanol–water partition coefficient (Wildman–Crippen LogP) is 3.59. The van der Waals surface area contributed by atoms with Crippen molar-refractivity contribution in [3.63, 3.8) is 0 Å². The van der Waals surface area contributed by atoms with E-state index in [1.54, 1.807) is 0 Å². The molecule has 0 saturated heterocycles. The summed E-state index contributed by atoms with van der Waals surface area (Å²) in [4.78, 5) is 9.09. The highest BCUT2D eigenvalue weighted by Gasteiger charge is 2.36. The molecule has 0 radical (unpaired) electrons. The second-order valence-corrected chi connectivity index (χ2v) is 11.1. The summed E-state index contributed by atoms with van der Waals surface area (Å²) in [6, 6.07) is 15.4. The third kappa shape index (κ3) is 1.57. The molecule has 0 fully saturated rings. The number of hydrogen-bond acceptors (Lipinski definition) is 2. The summed E-state index contributed by atoms with van der Waals surface area (Å²) in [5.74, 6) is 0. The molecule has 0 aliphatic carbocycles. The van der Waals surface area contributed by atoms with E-state index in [4.69, 9.17) is 4.98 Å². The summed E-state index contributed by atoms with van der Waals surface area (Å²) in [5, 5.41) is 8.12. The van der Waals surface area contributed by atoms with Crippen molar-refractivity contribution in [1.82, 2.24) is 9.97 Å². The lowest BCUT2D eigenvalue weighted by Gasteiger charge is -2.33. The Balaban J connectivity index is 2.10. The van der Waals surface area contributed by atoms with Gasteiger partial charge >= 0.3 is 0 Å². The number of fused-ring (bicyclic) bond motifs is 4. The zero-order chi connectivity index (χ0) is 15.6. The lowest BCUT2D eigenvalue weighted by Crippen LogP contribution is -2.56. The number of rotatable bonds is 0. The SMILES string of the molecule is C[Si]1(C)c2ccccc2-c2nccc3c2c1cc1cnccc13. The van der Waals surface area contributed by atoms with Gasteiger partial charge in [-0.15, -0.1) is 0 Å². The van der Waals surface area contributed by atoms with Crippen molar-refractivity contribution in [2.45, 2.75) is 13.1 Å². The van der Waals surface area contributed by atoms with Crippen LogP contribution in [0.5, 0.6) is 0 Å². The zero-order valence-electron chi connectivity index (χ0n) is 13.2. The molecule has 0 saturated carbocycles. The van der Waals surface area contributed by atoms with Gasteiger partial charge in [-0.1, -0.05) is 43.4 Å². The Morgan fingerprint density at radius 2 is 1.70 bits per heavy atom. The van der Waals surface area contributed by atoms with Crippen molar-refractivity contribution in [2.24, 2.45) is 0 Å². The van der Waals surface area contributed by atoms with Crippen LogP contribution >= 0.6 is 0 Å². The summed E-state index contributed by atoms with van der Waals surface area (Å²) < 4.78 is 0. The van der Waals surface area contributed by atoms with Crippen molar-refractivity contribution >= 4 is 40.0 Å². The molecule has 3 heteroatoms. The van der Waals surface area contributed by atoms with Crippen molar-refractivity contribution in [3.05, 3.63) is 61.1 Å². The van der Waals surface area contributed by atoms with Crippen LogP contribution in [0.25, 0.3) is 32.8 Å². The van der Waals surface area contributed by atoms with E-state index in [9.17, 15) is 0 Å². The molecule has 5 rings (SSSR count). The normalized spacial score (nSPS) is 14.9. The van der Waals surface area contributed by atoms with Gasteiger partial charge in [0.2, 0.25) is 0 Å². The van der Waals surface area contributed by atoms with Gasteiger partial charge in [-0.25, -0.2) is 0 Å². The molecule has 2 nitrogen and oxygen atoms in total. The zero-order valence-corrected chi connectivity index (χ0v) is 14.2. The van der Waals surface area contributed by atoms with Crippen LogP contribution in [0.15, 0.2) is 61.1 Å². The molecule has 0 atom stereocenters. The maximum Gasteiger partial charge on any atom is 0.114 e. The minimum atomic E-state index is -1.75. The Morgan fingerprint density at radius 1 is 0.870 bits per heavy atom. The van der Waals surface area contributed by atoms with Crippen LogP contribution in [0.1, 0.15) is 0 Å². The molecule has 0 unspecified atom stereocenters. The number of benzene rings is 2. The molecule has 3 heterocycles. The van der Waals surface area contributed by atoms with Crippen LogP contribution in [-0.2, 0) is 0 Å². The molecule has 0 amide bonds. The fourth-order valence-electron chi connectivity index (χ4n) is 4.03. The van der Waals surface area contributed by atoms with E-state index < -0.39 is 8.07 Å². The van der Waals surface area contributed by atoms with Crippen LogP contribution in [0.2, 0.25) is 13.1 Å². The average molecular weight is 312 g/mol. The van der Waals surface area contributed by atoms with E-state index in [0.717, 1.165) is 5.69 Å². The second-order valence-electron chi connectivity index (χ2n) is 6.77. The van der Waals surface area contributed by atoms with Gasteiger partial charge in [0.1, 0.15) is 8.07 Å². The van der Waals surface area contributed by atoms with Crippen molar-refractivity contribution < 1.29 is 0 Å². The molecule has 23 heavy (non-hydrogen) atoms. The summed E-state index contributed by atoms with van der Waals surface area (Å²) in [6.07, 6.45) is 5.80. The van der Waals surface area contributed by atoms with Gasteiger partial charge in [-0.3, -0.25) is 9.97 Å². The molecule has 110 valence electrons. The highest BCUT2D eigenvalue weighted by atomic mass is 28.3. The third-order valence-corrected chi connectivity index (χ3v) is 8.71. The quantitative estimate of drug-likeness (QED) is 0.366. The van der Waals surface area contributed by atoms with E-state index in [1.165, 1.54) is 37.5 Å². The van der Waals surface area contributed by atoms with Gasteiger partial charge in [-0.2, -0.15) is 0 Å². The van der Waals surface area contributed by atoms with Gasteiger partial charge in [0, 0.05) is 34.9 Å². The Bertz CT molecular complexity index is 1100. The molecule has 4 aromatic rings. The van der Waals surface area contributed by atoms with Crippen LogP contribution in [0.3, 0.4) is 0 Å². The first kappa shape index (κ1) is 13.0. The Kier molecular flexibility index (Phi) is 2.41. The number of hydrogen-bond donors (Lipinski definition) is 0. The highest BCUT2D eigenvalue weighted by molar-refractivity contribution is 7.03. The topological polar surface area (TPSA) is 25.8 Å². The fraction of sp³-hybridized carbons (Fsp3) is 0.100. The molecular formula is C20H16N2Si. The molecule has 1 aliphatic rings. The molecule has 2 aromatic heterocycles. The summed E-state index contributed by atoms with van der Waals surface area (Å²) in [6.45, 7) is 4.89. The number of nitrogens with zero attached hydrogens (tertiary/aromatic N) is 2. The van der Waals surface area contributed by atoms with Crippen molar-refractivity contribution in [3.8, 4) is 11.3 Å². The lowest BCUT2D eigenvalue weighted by molar-refractivity contribution is 1.35. The lowest BCUT2D eigenvalue weighted by atomic mass is 9.99. The van der Waals surface area contributed by atoms with E-state index in [1.807, 2.05) is 18.6 Å². The predicted molar refractivity (Wildman–Crippen MR) is 99.2 cm³/mol. The summed E-state index contributed by atoms with van der Waals surface area (Å²) >= 11 is 0. The first-order valence-corrected chi connectivity index (χ1v) is 10.9. The Morgan fingerprint density at radius 3 is 2.61 bits per heavy atom. The Labute approximate surface area is 135 Å². The van der Waals surface area contributed by atoms with E-state index in [-0.39, 0.29) is 0 Å². The van der Waals surface area contributed by atoms with Crippen LogP contribution < -0.4 is 10.4 Å². The van der Waals surface area contributed by atoms with Gasteiger partial charge in [0.15, 0.2) is 0 Å². The van der Waals surface area contributed by atoms with Gasteiger partial charge in [0.25, 0.3) is 0 Å². The molecule has 0 spiro atoms. The van der Waals surface area contributed by atoms with Gasteiger partial charge in [-0.05, 0) is 33.3 Å². The molecular weight excluding hydrogens is 296 g/mol.